The smallest absolute Gasteiger partial charge is 0.225 e. The number of anilines is 1. The van der Waals surface area contributed by atoms with Crippen LogP contribution in [0.25, 0.3) is 32.8 Å². The number of fused-ring (bicyclic) bond motifs is 2. The Labute approximate surface area is 199 Å². The van der Waals surface area contributed by atoms with E-state index in [9.17, 15) is 9.90 Å². The fourth-order valence-electron chi connectivity index (χ4n) is 4.38. The second-order valence-corrected chi connectivity index (χ2v) is 8.71. The van der Waals surface area contributed by atoms with Crippen LogP contribution in [0.1, 0.15) is 6.92 Å². The zero-order chi connectivity index (χ0) is 23.3. The van der Waals surface area contributed by atoms with Gasteiger partial charge < -0.3 is 14.9 Å². The number of aromatic hydroxyl groups is 1. The molecule has 1 saturated heterocycles. The SMILES string of the molecule is CC(=O)N1CCN(c2nc(Cl)nc3c(F)c(-c4cc(O)cc5ccccc45)c(Cl)cc23)CC1. The van der Waals surface area contributed by atoms with Crippen molar-refractivity contribution in [1.29, 1.82) is 0 Å². The van der Waals surface area contributed by atoms with Crippen LogP contribution in [-0.2, 0) is 4.79 Å². The lowest BCUT2D eigenvalue weighted by molar-refractivity contribution is -0.129. The van der Waals surface area contributed by atoms with Gasteiger partial charge in [0.15, 0.2) is 5.82 Å². The fourth-order valence-corrected chi connectivity index (χ4v) is 4.83. The Kier molecular flexibility index (Phi) is 5.46. The fraction of sp³-hybridized carbons (Fsp3) is 0.208. The number of phenols is 1. The van der Waals surface area contributed by atoms with Crippen molar-refractivity contribution in [3.63, 3.8) is 0 Å². The molecule has 168 valence electrons. The lowest BCUT2D eigenvalue weighted by Gasteiger charge is -2.35. The van der Waals surface area contributed by atoms with Gasteiger partial charge in [-0.15, -0.1) is 0 Å². The van der Waals surface area contributed by atoms with Gasteiger partial charge in [-0.3, -0.25) is 4.79 Å². The average molecular weight is 485 g/mol. The Morgan fingerprint density at radius 2 is 1.76 bits per heavy atom. The van der Waals surface area contributed by atoms with Crippen molar-refractivity contribution in [1.82, 2.24) is 14.9 Å². The number of hydrogen-bond acceptors (Lipinski definition) is 5. The second kappa shape index (κ2) is 8.32. The van der Waals surface area contributed by atoms with E-state index in [1.807, 2.05) is 29.2 Å². The first-order chi connectivity index (χ1) is 15.8. The minimum Gasteiger partial charge on any atom is -0.508 e. The number of rotatable bonds is 2. The molecular weight excluding hydrogens is 466 g/mol. The number of nitrogens with zero attached hydrogens (tertiary/aromatic N) is 4. The van der Waals surface area contributed by atoms with E-state index in [4.69, 9.17) is 23.2 Å². The normalized spacial score (nSPS) is 14.3. The predicted octanol–water partition coefficient (Wildman–Crippen LogP) is 5.27. The minimum absolute atomic E-state index is 0.00372. The quantitative estimate of drug-likeness (QED) is 0.392. The standard InChI is InChI=1S/C24H19Cl2FN4O2/c1-13(32)30-6-8-31(9-7-30)23-18-12-19(25)20(21(27)22(18)28-24(26)29-23)17-11-15(33)10-14-4-2-3-5-16(14)17/h2-5,10-12,33H,6-9H2,1H3. The van der Waals surface area contributed by atoms with E-state index in [1.165, 1.54) is 13.0 Å². The third kappa shape index (κ3) is 3.81. The molecule has 6 nitrogen and oxygen atoms in total. The summed E-state index contributed by atoms with van der Waals surface area (Å²) in [5.74, 6) is -0.149. The number of halogens is 3. The molecule has 1 amide bonds. The molecule has 9 heteroatoms. The molecule has 0 spiro atoms. The van der Waals surface area contributed by atoms with Crippen molar-refractivity contribution < 1.29 is 14.3 Å². The van der Waals surface area contributed by atoms with Crippen LogP contribution in [0.3, 0.4) is 0 Å². The number of aromatic nitrogens is 2. The first-order valence-electron chi connectivity index (χ1n) is 10.4. The van der Waals surface area contributed by atoms with E-state index in [-0.39, 0.29) is 33.0 Å². The summed E-state index contributed by atoms with van der Waals surface area (Å²) in [6, 6.07) is 12.1. The van der Waals surface area contributed by atoms with Gasteiger partial charge in [0.2, 0.25) is 11.2 Å². The average Bonchev–Trinajstić information content (AvgIpc) is 2.79. The highest BCUT2D eigenvalue weighted by Crippen LogP contribution is 2.42. The Bertz CT molecular complexity index is 1420. The third-order valence-corrected chi connectivity index (χ3v) is 6.44. The molecule has 33 heavy (non-hydrogen) atoms. The van der Waals surface area contributed by atoms with Gasteiger partial charge in [-0.1, -0.05) is 35.9 Å². The van der Waals surface area contributed by atoms with E-state index in [0.29, 0.717) is 42.9 Å². The number of carbonyl (C=O) groups is 1. The molecule has 1 aliphatic heterocycles. The maximum atomic E-state index is 16.0. The van der Waals surface area contributed by atoms with Crippen LogP contribution < -0.4 is 4.90 Å². The zero-order valence-electron chi connectivity index (χ0n) is 17.6. The lowest BCUT2D eigenvalue weighted by atomic mass is 9.96. The van der Waals surface area contributed by atoms with Crippen molar-refractivity contribution in [2.75, 3.05) is 31.1 Å². The van der Waals surface area contributed by atoms with Gasteiger partial charge in [-0.2, -0.15) is 4.98 Å². The van der Waals surface area contributed by atoms with Crippen LogP contribution in [0.5, 0.6) is 5.75 Å². The monoisotopic (exact) mass is 484 g/mol. The summed E-state index contributed by atoms with van der Waals surface area (Å²) in [6.45, 7) is 3.65. The van der Waals surface area contributed by atoms with Crippen molar-refractivity contribution in [2.45, 2.75) is 6.92 Å². The molecule has 0 unspecified atom stereocenters. The van der Waals surface area contributed by atoms with Gasteiger partial charge in [-0.05, 0) is 46.1 Å². The molecule has 1 N–H and O–H groups in total. The summed E-state index contributed by atoms with van der Waals surface area (Å²) in [7, 11) is 0. The van der Waals surface area contributed by atoms with Gasteiger partial charge in [0, 0.05) is 44.1 Å². The van der Waals surface area contributed by atoms with E-state index in [1.54, 1.807) is 17.0 Å². The summed E-state index contributed by atoms with van der Waals surface area (Å²) in [4.78, 5) is 23.9. The highest BCUT2D eigenvalue weighted by molar-refractivity contribution is 6.35. The maximum Gasteiger partial charge on any atom is 0.225 e. The molecule has 1 aliphatic rings. The number of carbonyl (C=O) groups excluding carboxylic acids is 1. The van der Waals surface area contributed by atoms with Crippen molar-refractivity contribution in [2.24, 2.45) is 0 Å². The van der Waals surface area contributed by atoms with Gasteiger partial charge >= 0.3 is 0 Å². The zero-order valence-corrected chi connectivity index (χ0v) is 19.2. The number of amides is 1. The first-order valence-corrected chi connectivity index (χ1v) is 11.2. The molecule has 3 aromatic carbocycles. The summed E-state index contributed by atoms with van der Waals surface area (Å²) in [6.07, 6.45) is 0. The Hall–Kier alpha value is -3.16. The number of phenolic OH excluding ortho intramolecular Hbond substituents is 1. The topological polar surface area (TPSA) is 69.6 Å². The molecule has 1 aromatic heterocycles. The van der Waals surface area contributed by atoms with Crippen LogP contribution in [0.4, 0.5) is 10.2 Å². The van der Waals surface area contributed by atoms with E-state index in [2.05, 4.69) is 9.97 Å². The lowest BCUT2D eigenvalue weighted by Crippen LogP contribution is -2.48. The second-order valence-electron chi connectivity index (χ2n) is 7.97. The summed E-state index contributed by atoms with van der Waals surface area (Å²) in [5, 5.41) is 12.3. The maximum absolute atomic E-state index is 16.0. The molecule has 4 aromatic rings. The van der Waals surface area contributed by atoms with Crippen LogP contribution in [-0.4, -0.2) is 52.1 Å². The van der Waals surface area contributed by atoms with Crippen LogP contribution >= 0.6 is 23.2 Å². The molecule has 0 bridgehead atoms. The number of benzene rings is 3. The first kappa shape index (κ1) is 21.7. The molecule has 5 rings (SSSR count). The van der Waals surface area contributed by atoms with Crippen molar-refractivity contribution in [3.05, 3.63) is 58.6 Å². The number of hydrogen-bond donors (Lipinski definition) is 1. The highest BCUT2D eigenvalue weighted by Gasteiger charge is 2.25. The predicted molar refractivity (Wildman–Crippen MR) is 129 cm³/mol. The van der Waals surface area contributed by atoms with Crippen molar-refractivity contribution >= 4 is 56.6 Å². The van der Waals surface area contributed by atoms with Crippen LogP contribution in [0.15, 0.2) is 42.5 Å². The molecule has 0 saturated carbocycles. The Morgan fingerprint density at radius 3 is 2.48 bits per heavy atom. The highest BCUT2D eigenvalue weighted by atomic mass is 35.5. The Morgan fingerprint density at radius 1 is 1.03 bits per heavy atom. The third-order valence-electron chi connectivity index (χ3n) is 5.98. The molecule has 0 aliphatic carbocycles. The van der Waals surface area contributed by atoms with Gasteiger partial charge in [-0.25, -0.2) is 9.37 Å². The van der Waals surface area contributed by atoms with Crippen LogP contribution in [0.2, 0.25) is 10.3 Å². The van der Waals surface area contributed by atoms with E-state index >= 15 is 4.39 Å². The summed E-state index contributed by atoms with van der Waals surface area (Å²) >= 11 is 12.8. The minimum atomic E-state index is -0.638. The number of piperazine rings is 1. The van der Waals surface area contributed by atoms with Crippen molar-refractivity contribution in [3.8, 4) is 16.9 Å². The van der Waals surface area contributed by atoms with E-state index < -0.39 is 5.82 Å². The van der Waals surface area contributed by atoms with Gasteiger partial charge in [0.1, 0.15) is 17.1 Å². The molecule has 0 radical (unpaired) electrons. The largest absolute Gasteiger partial charge is 0.508 e. The van der Waals surface area contributed by atoms with E-state index in [0.717, 1.165) is 10.8 Å². The molecule has 2 heterocycles. The molecule has 1 fully saturated rings. The Balaban J connectivity index is 1.69. The molecule has 0 atom stereocenters. The summed E-state index contributed by atoms with van der Waals surface area (Å²) < 4.78 is 16.0. The summed E-state index contributed by atoms with van der Waals surface area (Å²) in [5.41, 5.74) is 0.644. The van der Waals surface area contributed by atoms with Gasteiger partial charge in [0.05, 0.1) is 5.02 Å². The molecular formula is C24H19Cl2FN4O2. The van der Waals surface area contributed by atoms with Crippen LogP contribution in [0, 0.1) is 5.82 Å². The van der Waals surface area contributed by atoms with Gasteiger partial charge in [0.25, 0.3) is 0 Å².